The van der Waals surface area contributed by atoms with Gasteiger partial charge < -0.3 is 9.64 Å². The van der Waals surface area contributed by atoms with Gasteiger partial charge in [-0.2, -0.15) is 8.78 Å². The molecule has 0 saturated carbocycles. The number of carbonyl (C=O) groups is 1. The Kier molecular flexibility index (Phi) is 4.55. The van der Waals surface area contributed by atoms with E-state index in [0.29, 0.717) is 12.1 Å². The van der Waals surface area contributed by atoms with Crippen LogP contribution in [-0.2, 0) is 0 Å². The lowest BCUT2D eigenvalue weighted by Crippen LogP contribution is -2.30. The molecular weight excluding hydrogens is 358 g/mol. The van der Waals surface area contributed by atoms with Crippen molar-refractivity contribution >= 4 is 27.5 Å². The number of nitrogens with zero attached hydrogens (tertiary/aromatic N) is 2. The Morgan fingerprint density at radius 3 is 2.69 bits per heavy atom. The van der Waals surface area contributed by atoms with E-state index in [9.17, 15) is 13.6 Å². The van der Waals surface area contributed by atoms with Crippen molar-refractivity contribution in [3.8, 4) is 5.75 Å². The number of benzene rings is 2. The highest BCUT2D eigenvalue weighted by Gasteiger charge is 2.32. The molecule has 0 aliphatic carbocycles. The Bertz CT molecular complexity index is 894. The molecule has 134 valence electrons. The number of halogens is 2. The maximum absolute atomic E-state index is 12.9. The van der Waals surface area contributed by atoms with Crippen LogP contribution < -0.4 is 4.74 Å². The van der Waals surface area contributed by atoms with E-state index < -0.39 is 6.61 Å². The van der Waals surface area contributed by atoms with Crippen molar-refractivity contribution in [3.05, 3.63) is 59.1 Å². The van der Waals surface area contributed by atoms with Gasteiger partial charge in [-0.15, -0.1) is 11.3 Å². The Hall–Kier alpha value is -2.54. The summed E-state index contributed by atoms with van der Waals surface area (Å²) in [5.41, 5.74) is 1.40. The SMILES string of the molecule is O=C(c1ccc(OC(F)F)cc1)N1CCCC1c1nc2ccccc2s1. The number of ether oxygens (including phenoxy) is 1. The normalized spacial score (nSPS) is 17.2. The summed E-state index contributed by atoms with van der Waals surface area (Å²) < 4.78 is 29.9. The lowest BCUT2D eigenvalue weighted by Gasteiger charge is -2.23. The number of carbonyl (C=O) groups excluding carboxylic acids is 1. The summed E-state index contributed by atoms with van der Waals surface area (Å²) in [7, 11) is 0. The highest BCUT2D eigenvalue weighted by molar-refractivity contribution is 7.18. The van der Waals surface area contributed by atoms with Gasteiger partial charge in [-0.25, -0.2) is 4.98 Å². The summed E-state index contributed by atoms with van der Waals surface area (Å²) in [6.45, 7) is -2.21. The highest BCUT2D eigenvalue weighted by atomic mass is 32.1. The monoisotopic (exact) mass is 374 g/mol. The standard InChI is InChI=1S/C19H16F2N2O2S/c20-19(21)25-13-9-7-12(8-10-13)18(24)23-11-3-5-15(23)17-22-14-4-1-2-6-16(14)26-17/h1-2,4,6-10,15,19H,3,5,11H2. The number of hydrogen-bond acceptors (Lipinski definition) is 4. The summed E-state index contributed by atoms with van der Waals surface area (Å²) in [6.07, 6.45) is 1.79. The minimum atomic E-state index is -2.88. The third-order valence-electron chi connectivity index (χ3n) is 4.44. The van der Waals surface area contributed by atoms with Crippen molar-refractivity contribution in [3.63, 3.8) is 0 Å². The largest absolute Gasteiger partial charge is 0.435 e. The Morgan fingerprint density at radius 2 is 1.96 bits per heavy atom. The fraction of sp³-hybridized carbons (Fsp3) is 0.263. The Morgan fingerprint density at radius 1 is 1.19 bits per heavy atom. The number of hydrogen-bond donors (Lipinski definition) is 0. The molecule has 1 atom stereocenters. The summed E-state index contributed by atoms with van der Waals surface area (Å²) in [5, 5.41) is 0.940. The van der Waals surface area contributed by atoms with E-state index >= 15 is 0 Å². The number of aromatic nitrogens is 1. The van der Waals surface area contributed by atoms with Gasteiger partial charge in [0.1, 0.15) is 10.8 Å². The van der Waals surface area contributed by atoms with Gasteiger partial charge in [0.2, 0.25) is 0 Å². The van der Waals surface area contributed by atoms with Gasteiger partial charge in [0, 0.05) is 12.1 Å². The molecular formula is C19H16F2N2O2S. The lowest BCUT2D eigenvalue weighted by molar-refractivity contribution is -0.0498. The highest BCUT2D eigenvalue weighted by Crippen LogP contribution is 2.37. The predicted molar refractivity (Wildman–Crippen MR) is 95.7 cm³/mol. The quantitative estimate of drug-likeness (QED) is 0.654. The zero-order chi connectivity index (χ0) is 18.1. The average Bonchev–Trinajstić information content (AvgIpc) is 3.27. The van der Waals surface area contributed by atoms with Crippen molar-refractivity contribution in [2.24, 2.45) is 0 Å². The van der Waals surface area contributed by atoms with Crippen LogP contribution in [0.1, 0.15) is 34.2 Å². The maximum Gasteiger partial charge on any atom is 0.387 e. The van der Waals surface area contributed by atoms with Gasteiger partial charge in [-0.1, -0.05) is 12.1 Å². The number of alkyl halides is 2. The number of para-hydroxylation sites is 1. The minimum absolute atomic E-state index is 0.0423. The molecule has 1 aliphatic rings. The van der Waals surface area contributed by atoms with Crippen LogP contribution >= 0.6 is 11.3 Å². The number of likely N-dealkylation sites (tertiary alicyclic amines) is 1. The number of thiazole rings is 1. The molecule has 1 unspecified atom stereocenters. The molecule has 0 bridgehead atoms. The average molecular weight is 374 g/mol. The van der Waals surface area contributed by atoms with Crippen LogP contribution in [0, 0.1) is 0 Å². The van der Waals surface area contributed by atoms with E-state index in [1.165, 1.54) is 24.3 Å². The smallest absolute Gasteiger partial charge is 0.387 e. The summed E-state index contributed by atoms with van der Waals surface area (Å²) in [5.74, 6) is -0.0731. The number of rotatable bonds is 4. The number of amides is 1. The van der Waals surface area contributed by atoms with E-state index in [1.54, 1.807) is 11.3 Å². The second-order valence-electron chi connectivity index (χ2n) is 6.08. The van der Waals surface area contributed by atoms with Crippen molar-refractivity contribution in [1.29, 1.82) is 0 Å². The molecule has 1 saturated heterocycles. The Balaban J connectivity index is 1.56. The molecule has 1 fully saturated rings. The van der Waals surface area contributed by atoms with Crippen LogP contribution in [-0.4, -0.2) is 28.9 Å². The molecule has 4 rings (SSSR count). The first-order valence-electron chi connectivity index (χ1n) is 8.33. The van der Waals surface area contributed by atoms with Gasteiger partial charge in [0.05, 0.1) is 16.3 Å². The van der Waals surface area contributed by atoms with E-state index in [4.69, 9.17) is 0 Å². The van der Waals surface area contributed by atoms with Gasteiger partial charge in [-0.05, 0) is 49.2 Å². The van der Waals surface area contributed by atoms with Crippen molar-refractivity contribution < 1.29 is 18.3 Å². The van der Waals surface area contributed by atoms with Crippen molar-refractivity contribution in [1.82, 2.24) is 9.88 Å². The molecule has 0 spiro atoms. The van der Waals surface area contributed by atoms with Crippen LogP contribution in [0.15, 0.2) is 48.5 Å². The fourth-order valence-electron chi connectivity index (χ4n) is 3.24. The predicted octanol–water partition coefficient (Wildman–Crippen LogP) is 4.88. The van der Waals surface area contributed by atoms with Crippen LogP contribution in [0.5, 0.6) is 5.75 Å². The molecule has 3 aromatic rings. The molecule has 2 aromatic carbocycles. The first-order chi connectivity index (χ1) is 12.6. The van der Waals surface area contributed by atoms with E-state index in [2.05, 4.69) is 9.72 Å². The number of fused-ring (bicyclic) bond motifs is 1. The van der Waals surface area contributed by atoms with E-state index in [-0.39, 0.29) is 17.7 Å². The molecule has 1 aromatic heterocycles. The van der Waals surface area contributed by atoms with E-state index in [1.807, 2.05) is 29.2 Å². The zero-order valence-electron chi connectivity index (χ0n) is 13.8. The second-order valence-corrected chi connectivity index (χ2v) is 7.14. The fourth-order valence-corrected chi connectivity index (χ4v) is 4.36. The molecule has 7 heteroatoms. The van der Waals surface area contributed by atoms with Crippen molar-refractivity contribution in [2.75, 3.05) is 6.54 Å². The minimum Gasteiger partial charge on any atom is -0.435 e. The van der Waals surface area contributed by atoms with Crippen molar-refractivity contribution in [2.45, 2.75) is 25.5 Å². The van der Waals surface area contributed by atoms with E-state index in [0.717, 1.165) is 28.1 Å². The molecule has 26 heavy (non-hydrogen) atoms. The zero-order valence-corrected chi connectivity index (χ0v) is 14.6. The third kappa shape index (κ3) is 3.26. The molecule has 1 aliphatic heterocycles. The lowest BCUT2D eigenvalue weighted by atomic mass is 10.1. The molecule has 1 amide bonds. The molecule has 0 radical (unpaired) electrons. The van der Waals surface area contributed by atoms with Gasteiger partial charge in [0.25, 0.3) is 5.91 Å². The van der Waals surface area contributed by atoms with Crippen LogP contribution in [0.4, 0.5) is 8.78 Å². The maximum atomic E-state index is 12.9. The molecule has 2 heterocycles. The summed E-state index contributed by atoms with van der Waals surface area (Å²) >= 11 is 1.61. The first kappa shape index (κ1) is 16.9. The summed E-state index contributed by atoms with van der Waals surface area (Å²) in [6, 6.07) is 13.7. The summed E-state index contributed by atoms with van der Waals surface area (Å²) in [4.78, 5) is 19.4. The van der Waals surface area contributed by atoms with Crippen LogP contribution in [0.25, 0.3) is 10.2 Å². The van der Waals surface area contributed by atoms with Crippen LogP contribution in [0.3, 0.4) is 0 Å². The molecule has 4 nitrogen and oxygen atoms in total. The van der Waals surface area contributed by atoms with Gasteiger partial charge in [-0.3, -0.25) is 4.79 Å². The molecule has 0 N–H and O–H groups in total. The van der Waals surface area contributed by atoms with Gasteiger partial charge >= 0.3 is 6.61 Å². The Labute approximate surface area is 153 Å². The first-order valence-corrected chi connectivity index (χ1v) is 9.15. The van der Waals surface area contributed by atoms with Crippen LogP contribution in [0.2, 0.25) is 0 Å². The van der Waals surface area contributed by atoms with Gasteiger partial charge in [0.15, 0.2) is 0 Å². The topological polar surface area (TPSA) is 42.4 Å². The third-order valence-corrected chi connectivity index (χ3v) is 5.57. The second kappa shape index (κ2) is 6.99.